The molecule has 0 aliphatic heterocycles. The van der Waals surface area contributed by atoms with Crippen LogP contribution in [0, 0.1) is 24.0 Å². The lowest BCUT2D eigenvalue weighted by molar-refractivity contribution is -0.388. The maximum absolute atomic E-state index is 12.8. The van der Waals surface area contributed by atoms with Crippen molar-refractivity contribution in [3.05, 3.63) is 63.2 Å². The molecule has 0 bridgehead atoms. The number of nitro groups is 1. The summed E-state index contributed by atoms with van der Waals surface area (Å²) in [5, 5.41) is 13.9. The van der Waals surface area contributed by atoms with Crippen LogP contribution in [0.25, 0.3) is 0 Å². The van der Waals surface area contributed by atoms with Crippen molar-refractivity contribution in [2.75, 3.05) is 24.7 Å². The van der Waals surface area contributed by atoms with Gasteiger partial charge in [-0.05, 0) is 37.1 Å². The van der Waals surface area contributed by atoms with E-state index in [9.17, 15) is 32.9 Å². The van der Waals surface area contributed by atoms with Crippen molar-refractivity contribution in [3.63, 3.8) is 0 Å². The van der Waals surface area contributed by atoms with E-state index < -0.39 is 34.2 Å². The zero-order valence-corrected chi connectivity index (χ0v) is 17.8. The lowest BCUT2D eigenvalue weighted by Crippen LogP contribution is -2.36. The van der Waals surface area contributed by atoms with E-state index in [0.29, 0.717) is 11.8 Å². The number of likely N-dealkylation sites (N-methyl/N-ethyl adjacent to an activating group) is 1. The molecule has 0 heterocycles. The van der Waals surface area contributed by atoms with Gasteiger partial charge in [-0.1, -0.05) is 18.2 Å². The third-order valence-electron chi connectivity index (χ3n) is 4.39. The standard InChI is InChI=1S/C20H20F3N3O4S/c1-12-5-4-6-13(2)19(12)24-17(27)10-25(3)18(28)11-31-16-8-7-14(20(21,22)23)9-15(16)26(29)30/h4-9H,10-11H2,1-3H3,(H,24,27). The highest BCUT2D eigenvalue weighted by molar-refractivity contribution is 8.00. The number of rotatable bonds is 7. The summed E-state index contributed by atoms with van der Waals surface area (Å²) in [6.45, 7) is 3.43. The van der Waals surface area contributed by atoms with E-state index in [1.807, 2.05) is 32.0 Å². The summed E-state index contributed by atoms with van der Waals surface area (Å²) in [6.07, 6.45) is -4.72. The molecule has 0 fully saturated rings. The van der Waals surface area contributed by atoms with Crippen molar-refractivity contribution in [1.82, 2.24) is 4.90 Å². The zero-order valence-electron chi connectivity index (χ0n) is 16.9. The number of hydrogen-bond acceptors (Lipinski definition) is 5. The minimum Gasteiger partial charge on any atom is -0.336 e. The molecule has 0 atom stereocenters. The summed E-state index contributed by atoms with van der Waals surface area (Å²) in [6, 6.07) is 7.66. The van der Waals surface area contributed by atoms with Crippen LogP contribution in [-0.4, -0.2) is 41.0 Å². The van der Waals surface area contributed by atoms with Crippen LogP contribution in [0.2, 0.25) is 0 Å². The van der Waals surface area contributed by atoms with Crippen molar-refractivity contribution >= 4 is 35.0 Å². The first-order chi connectivity index (χ1) is 14.4. The lowest BCUT2D eigenvalue weighted by Gasteiger charge is -2.18. The molecule has 1 N–H and O–H groups in total. The van der Waals surface area contributed by atoms with E-state index in [4.69, 9.17) is 0 Å². The van der Waals surface area contributed by atoms with Crippen molar-refractivity contribution in [3.8, 4) is 0 Å². The molecular formula is C20H20F3N3O4S. The quantitative estimate of drug-likeness (QED) is 0.379. The number of hydrogen-bond donors (Lipinski definition) is 1. The van der Waals surface area contributed by atoms with Gasteiger partial charge in [0.05, 0.1) is 27.7 Å². The highest BCUT2D eigenvalue weighted by atomic mass is 32.2. The molecule has 0 saturated heterocycles. The lowest BCUT2D eigenvalue weighted by atomic mass is 10.1. The first kappa shape index (κ1) is 24.2. The maximum atomic E-state index is 12.8. The van der Waals surface area contributed by atoms with Gasteiger partial charge in [-0.25, -0.2) is 0 Å². The van der Waals surface area contributed by atoms with Gasteiger partial charge in [0.25, 0.3) is 5.69 Å². The Morgan fingerprint density at radius 3 is 2.32 bits per heavy atom. The third-order valence-corrected chi connectivity index (χ3v) is 5.43. The van der Waals surface area contributed by atoms with Gasteiger partial charge in [0.1, 0.15) is 0 Å². The largest absolute Gasteiger partial charge is 0.416 e. The molecule has 2 rings (SSSR count). The molecule has 2 amide bonds. The summed E-state index contributed by atoms with van der Waals surface area (Å²) in [5.74, 6) is -1.20. The van der Waals surface area contributed by atoms with Crippen LogP contribution in [0.5, 0.6) is 0 Å². The number of anilines is 1. The number of alkyl halides is 3. The number of nitro benzene ring substituents is 1. The summed E-state index contributed by atoms with van der Waals surface area (Å²) in [4.78, 5) is 35.9. The maximum Gasteiger partial charge on any atom is 0.416 e. The number of aryl methyl sites for hydroxylation is 2. The highest BCUT2D eigenvalue weighted by Crippen LogP contribution is 2.36. The molecule has 0 aliphatic carbocycles. The Morgan fingerprint density at radius 1 is 1.16 bits per heavy atom. The van der Waals surface area contributed by atoms with Crippen LogP contribution in [0.3, 0.4) is 0 Å². The Bertz CT molecular complexity index is 991. The fourth-order valence-electron chi connectivity index (χ4n) is 2.70. The second kappa shape index (κ2) is 9.82. The van der Waals surface area contributed by atoms with Crippen LogP contribution < -0.4 is 5.32 Å². The molecule has 31 heavy (non-hydrogen) atoms. The zero-order chi connectivity index (χ0) is 23.3. The number of amides is 2. The van der Waals surface area contributed by atoms with Gasteiger partial charge >= 0.3 is 6.18 Å². The SMILES string of the molecule is Cc1cccc(C)c1NC(=O)CN(C)C(=O)CSc1ccc(C(F)(F)F)cc1[N+](=O)[O-]. The van der Waals surface area contributed by atoms with Gasteiger partial charge in [0.2, 0.25) is 11.8 Å². The number of nitrogens with one attached hydrogen (secondary N) is 1. The number of para-hydroxylation sites is 1. The monoisotopic (exact) mass is 455 g/mol. The van der Waals surface area contributed by atoms with E-state index >= 15 is 0 Å². The molecule has 2 aromatic rings. The third kappa shape index (κ3) is 6.45. The van der Waals surface area contributed by atoms with Gasteiger partial charge in [-0.15, -0.1) is 11.8 Å². The molecule has 0 unspecified atom stereocenters. The number of thioether (sulfide) groups is 1. The number of benzene rings is 2. The molecule has 2 aromatic carbocycles. The molecule has 0 spiro atoms. The average molecular weight is 455 g/mol. The van der Waals surface area contributed by atoms with Crippen LogP contribution >= 0.6 is 11.8 Å². The molecule has 0 aliphatic rings. The predicted molar refractivity (Wildman–Crippen MR) is 111 cm³/mol. The second-order valence-corrected chi connectivity index (χ2v) is 7.81. The first-order valence-electron chi connectivity index (χ1n) is 8.98. The van der Waals surface area contributed by atoms with Gasteiger partial charge in [0.15, 0.2) is 0 Å². The van der Waals surface area contributed by atoms with Crippen molar-refractivity contribution in [1.29, 1.82) is 0 Å². The van der Waals surface area contributed by atoms with E-state index in [0.717, 1.165) is 39.9 Å². The Labute approximate surface area is 180 Å². The van der Waals surface area contributed by atoms with E-state index in [1.54, 1.807) is 0 Å². The molecular weight excluding hydrogens is 435 g/mol. The van der Waals surface area contributed by atoms with Gasteiger partial charge in [-0.2, -0.15) is 13.2 Å². The van der Waals surface area contributed by atoms with Crippen LogP contribution in [0.15, 0.2) is 41.3 Å². The fraction of sp³-hybridized carbons (Fsp3) is 0.300. The summed E-state index contributed by atoms with van der Waals surface area (Å²) >= 11 is 0.735. The number of halogens is 3. The van der Waals surface area contributed by atoms with E-state index in [-0.39, 0.29) is 17.2 Å². The van der Waals surface area contributed by atoms with Gasteiger partial charge in [-0.3, -0.25) is 19.7 Å². The molecule has 166 valence electrons. The van der Waals surface area contributed by atoms with Gasteiger partial charge < -0.3 is 10.2 Å². The Hall–Kier alpha value is -3.08. The van der Waals surface area contributed by atoms with E-state index in [1.165, 1.54) is 7.05 Å². The Morgan fingerprint density at radius 2 is 1.77 bits per heavy atom. The Kier molecular flexibility index (Phi) is 7.66. The minimum atomic E-state index is -4.72. The summed E-state index contributed by atoms with van der Waals surface area (Å²) < 4.78 is 38.3. The number of carbonyl (C=O) groups is 2. The Balaban J connectivity index is 2.00. The number of carbonyl (C=O) groups excluding carboxylic acids is 2. The summed E-state index contributed by atoms with van der Waals surface area (Å²) in [5.41, 5.74) is 0.515. The second-order valence-electron chi connectivity index (χ2n) is 6.79. The minimum absolute atomic E-state index is 0.0697. The molecule has 0 radical (unpaired) electrons. The normalized spacial score (nSPS) is 11.2. The summed E-state index contributed by atoms with van der Waals surface area (Å²) in [7, 11) is 1.40. The van der Waals surface area contributed by atoms with Gasteiger partial charge in [0, 0.05) is 18.8 Å². The van der Waals surface area contributed by atoms with Crippen LogP contribution in [-0.2, 0) is 15.8 Å². The van der Waals surface area contributed by atoms with Crippen molar-refractivity contribution < 1.29 is 27.7 Å². The molecule has 0 saturated carbocycles. The van der Waals surface area contributed by atoms with Crippen molar-refractivity contribution in [2.45, 2.75) is 24.9 Å². The van der Waals surface area contributed by atoms with Crippen molar-refractivity contribution in [2.24, 2.45) is 0 Å². The topological polar surface area (TPSA) is 92.6 Å². The smallest absolute Gasteiger partial charge is 0.336 e. The molecule has 11 heteroatoms. The highest BCUT2D eigenvalue weighted by Gasteiger charge is 2.33. The number of nitrogens with zero attached hydrogens (tertiary/aromatic N) is 2. The average Bonchev–Trinajstić information content (AvgIpc) is 2.68. The van der Waals surface area contributed by atoms with E-state index in [2.05, 4.69) is 5.32 Å². The van der Waals surface area contributed by atoms with Crippen LogP contribution in [0.4, 0.5) is 24.5 Å². The molecule has 0 aromatic heterocycles. The predicted octanol–water partition coefficient (Wildman–Crippen LogP) is 4.42. The molecule has 7 nitrogen and oxygen atoms in total. The fourth-order valence-corrected chi connectivity index (χ4v) is 3.65. The van der Waals surface area contributed by atoms with Crippen LogP contribution in [0.1, 0.15) is 16.7 Å². The first-order valence-corrected chi connectivity index (χ1v) is 9.97.